The fourth-order valence-electron chi connectivity index (χ4n) is 0.815. The van der Waals surface area contributed by atoms with Gasteiger partial charge in [0.25, 0.3) is 5.69 Å². The zero-order chi connectivity index (χ0) is 9.35. The molecule has 3 nitrogen and oxygen atoms in total. The number of nitrogens with zero attached hydrogens (tertiary/aromatic N) is 1. The van der Waals surface area contributed by atoms with Crippen LogP contribution in [-0.2, 0) is 5.41 Å². The Morgan fingerprint density at radius 2 is 2.08 bits per heavy atom. The Kier molecular flexibility index (Phi) is 2.19. The fraction of sp³-hybridized carbons (Fsp3) is 0.500. The van der Waals surface area contributed by atoms with Gasteiger partial charge in [0, 0.05) is 10.9 Å². The lowest BCUT2D eigenvalue weighted by atomic mass is 9.95. The van der Waals surface area contributed by atoms with Gasteiger partial charge in [0.1, 0.15) is 0 Å². The molecular weight excluding hydrogens is 174 g/mol. The van der Waals surface area contributed by atoms with E-state index in [0.29, 0.717) is 0 Å². The lowest BCUT2D eigenvalue weighted by molar-refractivity contribution is -0.384. The highest BCUT2D eigenvalue weighted by atomic mass is 32.1. The Morgan fingerprint density at radius 1 is 1.50 bits per heavy atom. The molecule has 0 N–H and O–H groups in total. The number of hydrogen-bond acceptors (Lipinski definition) is 3. The van der Waals surface area contributed by atoms with Gasteiger partial charge in [0.15, 0.2) is 0 Å². The Hall–Kier alpha value is -0.900. The minimum Gasteiger partial charge on any atom is -0.258 e. The molecule has 0 radical (unpaired) electrons. The van der Waals surface area contributed by atoms with Crippen molar-refractivity contribution in [3.8, 4) is 0 Å². The summed E-state index contributed by atoms with van der Waals surface area (Å²) < 4.78 is 0. The lowest BCUT2D eigenvalue weighted by Gasteiger charge is -2.14. The molecule has 66 valence electrons. The third-order valence-corrected chi connectivity index (χ3v) is 2.88. The first-order valence-corrected chi connectivity index (χ1v) is 4.52. The van der Waals surface area contributed by atoms with Gasteiger partial charge in [-0.05, 0) is 5.41 Å². The van der Waals surface area contributed by atoms with E-state index in [1.807, 2.05) is 20.8 Å². The Balaban J connectivity index is 3.00. The van der Waals surface area contributed by atoms with E-state index in [0.717, 1.165) is 4.88 Å². The SMILES string of the molecule is CC(C)(C)c1cc([N+](=O)[O-])cs1. The van der Waals surface area contributed by atoms with Crippen LogP contribution in [0, 0.1) is 10.1 Å². The lowest BCUT2D eigenvalue weighted by Crippen LogP contribution is -2.07. The average Bonchev–Trinajstić information content (AvgIpc) is 2.30. The zero-order valence-corrected chi connectivity index (χ0v) is 8.14. The van der Waals surface area contributed by atoms with Gasteiger partial charge in [0.2, 0.25) is 0 Å². The van der Waals surface area contributed by atoms with E-state index < -0.39 is 0 Å². The highest BCUT2D eigenvalue weighted by Crippen LogP contribution is 2.31. The number of rotatable bonds is 1. The number of nitro groups is 1. The predicted octanol–water partition coefficient (Wildman–Crippen LogP) is 2.95. The molecule has 0 aliphatic rings. The molecule has 0 amide bonds. The van der Waals surface area contributed by atoms with Crippen LogP contribution < -0.4 is 0 Å². The third kappa shape index (κ3) is 1.82. The molecule has 1 rings (SSSR count). The summed E-state index contributed by atoms with van der Waals surface area (Å²) in [6.07, 6.45) is 0. The summed E-state index contributed by atoms with van der Waals surface area (Å²) in [5.41, 5.74) is 0.212. The Morgan fingerprint density at radius 3 is 2.33 bits per heavy atom. The topological polar surface area (TPSA) is 43.1 Å². The van der Waals surface area contributed by atoms with Crippen molar-refractivity contribution >= 4 is 17.0 Å². The molecule has 0 spiro atoms. The molecule has 1 heterocycles. The van der Waals surface area contributed by atoms with E-state index in [1.54, 1.807) is 11.4 Å². The maximum atomic E-state index is 10.4. The van der Waals surface area contributed by atoms with E-state index in [2.05, 4.69) is 0 Å². The summed E-state index contributed by atoms with van der Waals surface area (Å²) in [7, 11) is 0. The van der Waals surface area contributed by atoms with Crippen molar-refractivity contribution in [2.75, 3.05) is 0 Å². The second kappa shape index (κ2) is 2.86. The van der Waals surface area contributed by atoms with Crippen molar-refractivity contribution in [3.05, 3.63) is 26.4 Å². The summed E-state index contributed by atoms with van der Waals surface area (Å²) in [5.74, 6) is 0. The summed E-state index contributed by atoms with van der Waals surface area (Å²) in [6.45, 7) is 6.13. The van der Waals surface area contributed by atoms with E-state index in [4.69, 9.17) is 0 Å². The first-order chi connectivity index (χ1) is 5.41. The van der Waals surface area contributed by atoms with Crippen LogP contribution in [0.15, 0.2) is 11.4 Å². The van der Waals surface area contributed by atoms with Gasteiger partial charge in [-0.2, -0.15) is 0 Å². The van der Waals surface area contributed by atoms with Crippen molar-refractivity contribution < 1.29 is 4.92 Å². The maximum Gasteiger partial charge on any atom is 0.280 e. The molecule has 0 saturated heterocycles. The standard InChI is InChI=1S/C8H11NO2S/c1-8(2,3)7-4-6(5-12-7)9(10)11/h4-5H,1-3H3. The predicted molar refractivity (Wildman–Crippen MR) is 49.7 cm³/mol. The van der Waals surface area contributed by atoms with E-state index in [1.165, 1.54) is 11.3 Å². The van der Waals surface area contributed by atoms with Crippen molar-refractivity contribution in [1.82, 2.24) is 0 Å². The largest absolute Gasteiger partial charge is 0.280 e. The third-order valence-electron chi connectivity index (χ3n) is 1.54. The van der Waals surface area contributed by atoms with Gasteiger partial charge in [-0.15, -0.1) is 11.3 Å². The molecule has 1 aromatic heterocycles. The van der Waals surface area contributed by atoms with Crippen LogP contribution in [0.1, 0.15) is 25.6 Å². The molecule has 0 fully saturated rings. The fourth-order valence-corrected chi connectivity index (χ4v) is 1.76. The van der Waals surface area contributed by atoms with Crippen LogP contribution in [0.4, 0.5) is 5.69 Å². The average molecular weight is 185 g/mol. The molecule has 0 aliphatic heterocycles. The minimum atomic E-state index is -0.355. The van der Waals surface area contributed by atoms with Crippen LogP contribution in [-0.4, -0.2) is 4.92 Å². The van der Waals surface area contributed by atoms with Crippen LogP contribution in [0.25, 0.3) is 0 Å². The molecule has 1 aromatic rings. The van der Waals surface area contributed by atoms with Crippen LogP contribution in [0.5, 0.6) is 0 Å². The van der Waals surface area contributed by atoms with Crippen LogP contribution >= 0.6 is 11.3 Å². The van der Waals surface area contributed by atoms with Gasteiger partial charge >= 0.3 is 0 Å². The quantitative estimate of drug-likeness (QED) is 0.498. The van der Waals surface area contributed by atoms with Crippen molar-refractivity contribution in [2.45, 2.75) is 26.2 Å². The molecular formula is C8H11NO2S. The van der Waals surface area contributed by atoms with Gasteiger partial charge in [0.05, 0.1) is 10.3 Å². The highest BCUT2D eigenvalue weighted by Gasteiger charge is 2.19. The van der Waals surface area contributed by atoms with E-state index >= 15 is 0 Å². The van der Waals surface area contributed by atoms with E-state index in [-0.39, 0.29) is 16.0 Å². The summed E-state index contributed by atoms with van der Waals surface area (Å²) in [5, 5.41) is 11.9. The zero-order valence-electron chi connectivity index (χ0n) is 7.33. The molecule has 0 saturated carbocycles. The maximum absolute atomic E-state index is 10.4. The van der Waals surface area contributed by atoms with Crippen LogP contribution in [0.3, 0.4) is 0 Å². The summed E-state index contributed by atoms with van der Waals surface area (Å²) in [6, 6.07) is 1.64. The van der Waals surface area contributed by atoms with Gasteiger partial charge in [-0.3, -0.25) is 10.1 Å². The minimum absolute atomic E-state index is 0.0128. The molecule has 12 heavy (non-hydrogen) atoms. The van der Waals surface area contributed by atoms with Gasteiger partial charge < -0.3 is 0 Å². The normalized spacial score (nSPS) is 11.6. The number of thiophene rings is 1. The molecule has 0 aliphatic carbocycles. The Labute approximate surface area is 75.2 Å². The molecule has 0 bridgehead atoms. The van der Waals surface area contributed by atoms with E-state index in [9.17, 15) is 10.1 Å². The molecule has 0 aromatic carbocycles. The second-order valence-electron chi connectivity index (χ2n) is 3.68. The summed E-state index contributed by atoms with van der Waals surface area (Å²) >= 11 is 1.44. The first kappa shape index (κ1) is 9.19. The van der Waals surface area contributed by atoms with Crippen molar-refractivity contribution in [2.24, 2.45) is 0 Å². The van der Waals surface area contributed by atoms with Gasteiger partial charge in [-0.1, -0.05) is 20.8 Å². The second-order valence-corrected chi connectivity index (χ2v) is 4.59. The monoisotopic (exact) mass is 185 g/mol. The van der Waals surface area contributed by atoms with Crippen molar-refractivity contribution in [1.29, 1.82) is 0 Å². The van der Waals surface area contributed by atoms with Crippen molar-refractivity contribution in [3.63, 3.8) is 0 Å². The molecule has 0 atom stereocenters. The van der Waals surface area contributed by atoms with Crippen LogP contribution in [0.2, 0.25) is 0 Å². The summed E-state index contributed by atoms with van der Waals surface area (Å²) in [4.78, 5) is 11.0. The molecule has 0 unspecified atom stereocenters. The molecule has 4 heteroatoms. The highest BCUT2D eigenvalue weighted by molar-refractivity contribution is 7.10. The smallest absolute Gasteiger partial charge is 0.258 e. The number of hydrogen-bond donors (Lipinski definition) is 0. The van der Waals surface area contributed by atoms with Gasteiger partial charge in [-0.25, -0.2) is 0 Å². The first-order valence-electron chi connectivity index (χ1n) is 3.64. The Bertz CT molecular complexity index is 298.